The summed E-state index contributed by atoms with van der Waals surface area (Å²) in [4.78, 5) is 13.2. The monoisotopic (exact) mass is 195 g/mol. The first-order valence-corrected chi connectivity index (χ1v) is 5.00. The molecule has 0 bridgehead atoms. The number of rotatable bonds is 5. The highest BCUT2D eigenvalue weighted by Gasteiger charge is 2.09. The molecule has 0 aliphatic rings. The SMILES string of the molecule is CCCCC(=O)N(C)Cc1ccco1. The number of hydrogen-bond donors (Lipinski definition) is 0. The van der Waals surface area contributed by atoms with Gasteiger partial charge in [0.1, 0.15) is 5.76 Å². The Labute approximate surface area is 84.7 Å². The highest BCUT2D eigenvalue weighted by molar-refractivity contribution is 5.75. The van der Waals surface area contributed by atoms with Crippen molar-refractivity contribution in [1.29, 1.82) is 0 Å². The molecule has 0 unspecified atom stereocenters. The fraction of sp³-hybridized carbons (Fsp3) is 0.545. The van der Waals surface area contributed by atoms with Crippen molar-refractivity contribution in [2.75, 3.05) is 7.05 Å². The molecule has 0 radical (unpaired) electrons. The normalized spacial score (nSPS) is 10.1. The average molecular weight is 195 g/mol. The molecule has 78 valence electrons. The van der Waals surface area contributed by atoms with Crippen LogP contribution in [-0.4, -0.2) is 17.9 Å². The van der Waals surface area contributed by atoms with Crippen molar-refractivity contribution < 1.29 is 9.21 Å². The second-order valence-electron chi connectivity index (χ2n) is 3.43. The lowest BCUT2D eigenvalue weighted by Gasteiger charge is -2.15. The van der Waals surface area contributed by atoms with Gasteiger partial charge in [0.05, 0.1) is 12.8 Å². The van der Waals surface area contributed by atoms with Gasteiger partial charge < -0.3 is 9.32 Å². The van der Waals surface area contributed by atoms with E-state index in [0.717, 1.165) is 18.6 Å². The molecule has 1 rings (SSSR count). The smallest absolute Gasteiger partial charge is 0.222 e. The number of amides is 1. The van der Waals surface area contributed by atoms with E-state index in [1.165, 1.54) is 0 Å². The van der Waals surface area contributed by atoms with Gasteiger partial charge in [-0.3, -0.25) is 4.79 Å². The van der Waals surface area contributed by atoms with Gasteiger partial charge in [0.2, 0.25) is 5.91 Å². The molecule has 1 aromatic heterocycles. The number of hydrogen-bond acceptors (Lipinski definition) is 2. The lowest BCUT2D eigenvalue weighted by molar-refractivity contribution is -0.130. The highest BCUT2D eigenvalue weighted by Crippen LogP contribution is 2.06. The molecule has 1 amide bonds. The van der Waals surface area contributed by atoms with Crippen molar-refractivity contribution in [2.45, 2.75) is 32.7 Å². The van der Waals surface area contributed by atoms with Crippen LogP contribution in [0.4, 0.5) is 0 Å². The first-order valence-electron chi connectivity index (χ1n) is 5.00. The van der Waals surface area contributed by atoms with Gasteiger partial charge >= 0.3 is 0 Å². The molecular weight excluding hydrogens is 178 g/mol. The average Bonchev–Trinajstić information content (AvgIpc) is 2.66. The summed E-state index contributed by atoms with van der Waals surface area (Å²) in [6, 6.07) is 3.71. The molecule has 3 nitrogen and oxygen atoms in total. The van der Waals surface area contributed by atoms with Crippen LogP contribution in [0, 0.1) is 0 Å². The Kier molecular flexibility index (Phi) is 4.23. The van der Waals surface area contributed by atoms with E-state index in [4.69, 9.17) is 4.42 Å². The van der Waals surface area contributed by atoms with Crippen LogP contribution in [0.3, 0.4) is 0 Å². The molecule has 1 heterocycles. The summed E-state index contributed by atoms with van der Waals surface area (Å²) in [5.74, 6) is 1.01. The predicted octanol–water partition coefficient (Wildman–Crippen LogP) is 2.43. The summed E-state index contributed by atoms with van der Waals surface area (Å²) in [5, 5.41) is 0. The van der Waals surface area contributed by atoms with Crippen LogP contribution in [0.15, 0.2) is 22.8 Å². The lowest BCUT2D eigenvalue weighted by Crippen LogP contribution is -2.25. The Morgan fingerprint density at radius 1 is 1.57 bits per heavy atom. The second kappa shape index (κ2) is 5.47. The van der Waals surface area contributed by atoms with E-state index in [-0.39, 0.29) is 5.91 Å². The van der Waals surface area contributed by atoms with Gasteiger partial charge in [-0.1, -0.05) is 13.3 Å². The molecule has 0 aromatic carbocycles. The van der Waals surface area contributed by atoms with Crippen LogP contribution in [0.2, 0.25) is 0 Å². The van der Waals surface area contributed by atoms with Crippen molar-refractivity contribution in [2.24, 2.45) is 0 Å². The molecule has 0 N–H and O–H groups in total. The largest absolute Gasteiger partial charge is 0.467 e. The van der Waals surface area contributed by atoms with Gasteiger partial charge in [-0.05, 0) is 18.6 Å². The second-order valence-corrected chi connectivity index (χ2v) is 3.43. The molecule has 0 aliphatic carbocycles. The molecular formula is C11H17NO2. The Bertz CT molecular complexity index is 267. The fourth-order valence-electron chi connectivity index (χ4n) is 1.24. The predicted molar refractivity (Wildman–Crippen MR) is 54.7 cm³/mol. The van der Waals surface area contributed by atoms with Gasteiger partial charge in [0, 0.05) is 13.5 Å². The van der Waals surface area contributed by atoms with E-state index in [1.807, 2.05) is 12.1 Å². The van der Waals surface area contributed by atoms with Gasteiger partial charge in [-0.15, -0.1) is 0 Å². The third-order valence-electron chi connectivity index (χ3n) is 2.14. The van der Waals surface area contributed by atoms with E-state index in [2.05, 4.69) is 6.92 Å². The number of carbonyl (C=O) groups excluding carboxylic acids is 1. The summed E-state index contributed by atoms with van der Waals surface area (Å²) in [6.07, 6.45) is 4.27. The third-order valence-corrected chi connectivity index (χ3v) is 2.14. The minimum absolute atomic E-state index is 0.184. The Balaban J connectivity index is 2.34. The maximum atomic E-state index is 11.5. The number of unbranched alkanes of at least 4 members (excludes halogenated alkanes) is 1. The maximum absolute atomic E-state index is 11.5. The van der Waals surface area contributed by atoms with E-state index in [9.17, 15) is 4.79 Å². The molecule has 0 spiro atoms. The zero-order valence-corrected chi connectivity index (χ0v) is 8.82. The van der Waals surface area contributed by atoms with Crippen LogP contribution >= 0.6 is 0 Å². The number of nitrogens with zero attached hydrogens (tertiary/aromatic N) is 1. The van der Waals surface area contributed by atoms with Crippen LogP contribution < -0.4 is 0 Å². The van der Waals surface area contributed by atoms with Crippen molar-refractivity contribution >= 4 is 5.91 Å². The standard InChI is InChI=1S/C11H17NO2/c1-3-4-7-11(13)12(2)9-10-6-5-8-14-10/h5-6,8H,3-4,7,9H2,1-2H3. The molecule has 1 aromatic rings. The van der Waals surface area contributed by atoms with E-state index in [0.29, 0.717) is 13.0 Å². The Hall–Kier alpha value is -1.25. The first-order chi connectivity index (χ1) is 6.74. The van der Waals surface area contributed by atoms with Crippen LogP contribution in [0.5, 0.6) is 0 Å². The van der Waals surface area contributed by atoms with Gasteiger partial charge in [-0.25, -0.2) is 0 Å². The van der Waals surface area contributed by atoms with E-state index in [1.54, 1.807) is 18.2 Å². The van der Waals surface area contributed by atoms with Crippen LogP contribution in [0.1, 0.15) is 31.9 Å². The minimum Gasteiger partial charge on any atom is -0.467 e. The van der Waals surface area contributed by atoms with E-state index >= 15 is 0 Å². The lowest BCUT2D eigenvalue weighted by atomic mass is 10.2. The summed E-state index contributed by atoms with van der Waals surface area (Å²) >= 11 is 0. The van der Waals surface area contributed by atoms with Crippen LogP contribution in [0.25, 0.3) is 0 Å². The number of carbonyl (C=O) groups is 1. The summed E-state index contributed by atoms with van der Waals surface area (Å²) in [5.41, 5.74) is 0. The molecule has 0 aliphatic heterocycles. The van der Waals surface area contributed by atoms with Crippen molar-refractivity contribution in [3.8, 4) is 0 Å². The van der Waals surface area contributed by atoms with Gasteiger partial charge in [-0.2, -0.15) is 0 Å². The van der Waals surface area contributed by atoms with Crippen molar-refractivity contribution in [3.63, 3.8) is 0 Å². The Morgan fingerprint density at radius 2 is 2.36 bits per heavy atom. The van der Waals surface area contributed by atoms with Crippen LogP contribution in [-0.2, 0) is 11.3 Å². The third kappa shape index (κ3) is 3.24. The molecule has 3 heteroatoms. The minimum atomic E-state index is 0.184. The molecule has 14 heavy (non-hydrogen) atoms. The van der Waals surface area contributed by atoms with Gasteiger partial charge in [0.25, 0.3) is 0 Å². The fourth-order valence-corrected chi connectivity index (χ4v) is 1.24. The van der Waals surface area contributed by atoms with Crippen molar-refractivity contribution in [3.05, 3.63) is 24.2 Å². The highest BCUT2D eigenvalue weighted by atomic mass is 16.3. The quantitative estimate of drug-likeness (QED) is 0.723. The maximum Gasteiger partial charge on any atom is 0.222 e. The zero-order chi connectivity index (χ0) is 10.4. The molecule has 0 atom stereocenters. The van der Waals surface area contributed by atoms with Crippen molar-refractivity contribution in [1.82, 2.24) is 4.90 Å². The topological polar surface area (TPSA) is 33.5 Å². The summed E-state index contributed by atoms with van der Waals surface area (Å²) in [6.45, 7) is 2.65. The van der Waals surface area contributed by atoms with Gasteiger partial charge in [0.15, 0.2) is 0 Å². The molecule has 0 saturated carbocycles. The molecule has 0 saturated heterocycles. The summed E-state index contributed by atoms with van der Waals surface area (Å²) in [7, 11) is 1.81. The summed E-state index contributed by atoms with van der Waals surface area (Å²) < 4.78 is 5.16. The van der Waals surface area contributed by atoms with E-state index < -0.39 is 0 Å². The number of furan rings is 1. The first kappa shape index (κ1) is 10.8. The zero-order valence-electron chi connectivity index (χ0n) is 8.82. The Morgan fingerprint density at radius 3 is 2.93 bits per heavy atom. The molecule has 0 fully saturated rings.